The minimum absolute atomic E-state index is 0.676. The SMILES string of the molecule is CC(=O)OCC(F)F.COC(=O)C(F)C(F)(F)F. The Morgan fingerprint density at radius 1 is 1.17 bits per heavy atom. The quantitative estimate of drug-likeness (QED) is 0.586. The number of esters is 2. The van der Waals surface area contributed by atoms with E-state index in [0.717, 1.165) is 6.92 Å². The maximum atomic E-state index is 11.7. The molecule has 4 nitrogen and oxygen atoms in total. The number of halogens is 6. The maximum Gasteiger partial charge on any atom is 0.430 e. The summed E-state index contributed by atoms with van der Waals surface area (Å²) in [7, 11) is 0.681. The van der Waals surface area contributed by atoms with Crippen molar-refractivity contribution in [3.05, 3.63) is 0 Å². The Morgan fingerprint density at radius 3 is 1.72 bits per heavy atom. The van der Waals surface area contributed by atoms with Crippen molar-refractivity contribution in [3.8, 4) is 0 Å². The largest absolute Gasteiger partial charge is 0.467 e. The standard InChI is InChI=1S/C4H4F4O2.C4H6F2O2/c1-10-3(9)2(5)4(6,7)8;1-3(7)8-2-4(5)6/h2H,1H3;4H,2H2,1H3. The van der Waals surface area contributed by atoms with Gasteiger partial charge in [-0.1, -0.05) is 0 Å². The summed E-state index contributed by atoms with van der Waals surface area (Å²) >= 11 is 0. The van der Waals surface area contributed by atoms with Crippen molar-refractivity contribution in [2.75, 3.05) is 13.7 Å². The first-order chi connectivity index (χ1) is 8.02. The molecule has 0 spiro atoms. The van der Waals surface area contributed by atoms with Crippen molar-refractivity contribution in [3.63, 3.8) is 0 Å². The van der Waals surface area contributed by atoms with Gasteiger partial charge >= 0.3 is 18.1 Å². The Balaban J connectivity index is 0. The third-order valence-electron chi connectivity index (χ3n) is 1.11. The highest BCUT2D eigenvalue weighted by Gasteiger charge is 2.46. The lowest BCUT2D eigenvalue weighted by Gasteiger charge is -2.08. The highest BCUT2D eigenvalue weighted by molar-refractivity contribution is 5.75. The second kappa shape index (κ2) is 8.59. The monoisotopic (exact) mass is 284 g/mol. The Morgan fingerprint density at radius 2 is 1.61 bits per heavy atom. The predicted molar refractivity (Wildman–Crippen MR) is 45.6 cm³/mol. The van der Waals surface area contributed by atoms with E-state index in [2.05, 4.69) is 9.47 Å². The Hall–Kier alpha value is -1.48. The van der Waals surface area contributed by atoms with Crippen LogP contribution in [0.25, 0.3) is 0 Å². The molecule has 0 aliphatic carbocycles. The van der Waals surface area contributed by atoms with E-state index in [4.69, 9.17) is 0 Å². The fourth-order valence-corrected chi connectivity index (χ4v) is 0.417. The fourth-order valence-electron chi connectivity index (χ4n) is 0.417. The molecular formula is C8H10F6O4. The van der Waals surface area contributed by atoms with Gasteiger partial charge in [0.1, 0.15) is 0 Å². The molecule has 0 bridgehead atoms. The molecule has 0 aliphatic heterocycles. The number of hydrogen-bond donors (Lipinski definition) is 0. The van der Waals surface area contributed by atoms with Gasteiger partial charge in [0.15, 0.2) is 6.61 Å². The first-order valence-corrected chi connectivity index (χ1v) is 4.22. The summed E-state index contributed by atoms with van der Waals surface area (Å²) in [5.74, 6) is -2.60. The molecular weight excluding hydrogens is 274 g/mol. The van der Waals surface area contributed by atoms with Crippen LogP contribution in [0.1, 0.15) is 6.92 Å². The number of rotatable bonds is 3. The minimum atomic E-state index is -5.16. The third kappa shape index (κ3) is 11.0. The van der Waals surface area contributed by atoms with Gasteiger partial charge in [-0.3, -0.25) is 4.79 Å². The molecule has 0 aromatic rings. The average Bonchev–Trinajstić information content (AvgIpc) is 2.23. The van der Waals surface area contributed by atoms with Crippen molar-refractivity contribution in [2.24, 2.45) is 0 Å². The van der Waals surface area contributed by atoms with Gasteiger partial charge in [-0.05, 0) is 0 Å². The van der Waals surface area contributed by atoms with Gasteiger partial charge in [0, 0.05) is 6.92 Å². The first kappa shape index (κ1) is 18.9. The molecule has 0 aromatic heterocycles. The van der Waals surface area contributed by atoms with E-state index in [0.29, 0.717) is 7.11 Å². The van der Waals surface area contributed by atoms with E-state index >= 15 is 0 Å². The van der Waals surface area contributed by atoms with Gasteiger partial charge in [0.2, 0.25) is 0 Å². The van der Waals surface area contributed by atoms with Crippen LogP contribution < -0.4 is 0 Å². The summed E-state index contributed by atoms with van der Waals surface area (Å²) in [6.07, 6.45) is -11.2. The first-order valence-electron chi connectivity index (χ1n) is 4.22. The highest BCUT2D eigenvalue weighted by atomic mass is 19.4. The van der Waals surface area contributed by atoms with Crippen LogP contribution in [0.15, 0.2) is 0 Å². The van der Waals surface area contributed by atoms with E-state index < -0.39 is 37.3 Å². The molecule has 0 heterocycles. The lowest BCUT2D eigenvalue weighted by Crippen LogP contribution is -2.33. The Labute approximate surface area is 97.8 Å². The molecule has 0 N–H and O–H groups in total. The van der Waals surface area contributed by atoms with E-state index in [9.17, 15) is 35.9 Å². The lowest BCUT2D eigenvalue weighted by atomic mass is 10.4. The topological polar surface area (TPSA) is 52.6 Å². The van der Waals surface area contributed by atoms with Gasteiger partial charge < -0.3 is 9.47 Å². The molecule has 1 unspecified atom stereocenters. The number of methoxy groups -OCH3 is 1. The summed E-state index contributed by atoms with van der Waals surface area (Å²) in [6, 6.07) is 0. The normalized spacial score (nSPS) is 12.3. The lowest BCUT2D eigenvalue weighted by molar-refractivity contribution is -0.199. The number of alkyl halides is 6. The zero-order valence-corrected chi connectivity index (χ0v) is 9.26. The van der Waals surface area contributed by atoms with Crippen LogP contribution in [0.5, 0.6) is 0 Å². The second-order valence-corrected chi connectivity index (χ2v) is 2.62. The summed E-state index contributed by atoms with van der Waals surface area (Å²) in [4.78, 5) is 19.6. The minimum Gasteiger partial charge on any atom is -0.467 e. The number of hydrogen-bond acceptors (Lipinski definition) is 4. The van der Waals surface area contributed by atoms with Crippen LogP contribution in [0.2, 0.25) is 0 Å². The fraction of sp³-hybridized carbons (Fsp3) is 0.750. The van der Waals surface area contributed by atoms with E-state index in [-0.39, 0.29) is 0 Å². The van der Waals surface area contributed by atoms with Crippen LogP contribution in [-0.4, -0.2) is 44.4 Å². The average molecular weight is 284 g/mol. The zero-order chi connectivity index (χ0) is 14.9. The molecule has 0 saturated heterocycles. The van der Waals surface area contributed by atoms with Gasteiger partial charge in [-0.15, -0.1) is 0 Å². The smallest absolute Gasteiger partial charge is 0.430 e. The number of ether oxygens (including phenoxy) is 2. The van der Waals surface area contributed by atoms with Crippen molar-refractivity contribution in [1.29, 1.82) is 0 Å². The molecule has 1 atom stereocenters. The Bertz CT molecular complexity index is 265. The molecule has 0 amide bonds. The summed E-state index contributed by atoms with van der Waals surface area (Å²) in [5.41, 5.74) is 0. The third-order valence-corrected chi connectivity index (χ3v) is 1.11. The molecule has 18 heavy (non-hydrogen) atoms. The van der Waals surface area contributed by atoms with Crippen LogP contribution in [0.4, 0.5) is 26.3 Å². The predicted octanol–water partition coefficient (Wildman–Crippen LogP) is 1.87. The molecule has 0 fully saturated rings. The van der Waals surface area contributed by atoms with Gasteiger partial charge in [-0.25, -0.2) is 18.0 Å². The van der Waals surface area contributed by atoms with E-state index in [1.165, 1.54) is 0 Å². The molecule has 0 rings (SSSR count). The van der Waals surface area contributed by atoms with Crippen molar-refractivity contribution in [2.45, 2.75) is 25.7 Å². The van der Waals surface area contributed by atoms with Crippen molar-refractivity contribution in [1.82, 2.24) is 0 Å². The molecule has 0 radical (unpaired) electrons. The van der Waals surface area contributed by atoms with E-state index in [1.54, 1.807) is 0 Å². The highest BCUT2D eigenvalue weighted by Crippen LogP contribution is 2.23. The number of carbonyl (C=O) groups excluding carboxylic acids is 2. The van der Waals surface area contributed by atoms with Crippen molar-refractivity contribution >= 4 is 11.9 Å². The molecule has 0 aliphatic rings. The molecule has 10 heteroatoms. The van der Waals surface area contributed by atoms with Gasteiger partial charge in [-0.2, -0.15) is 13.2 Å². The van der Waals surface area contributed by atoms with Crippen LogP contribution >= 0.6 is 0 Å². The van der Waals surface area contributed by atoms with E-state index in [1.807, 2.05) is 0 Å². The maximum absolute atomic E-state index is 11.7. The Kier molecular flexibility index (Phi) is 9.00. The molecule has 108 valence electrons. The van der Waals surface area contributed by atoms with Crippen LogP contribution in [0, 0.1) is 0 Å². The summed E-state index contributed by atoms with van der Waals surface area (Å²) in [5, 5.41) is 0. The second-order valence-electron chi connectivity index (χ2n) is 2.62. The zero-order valence-electron chi connectivity index (χ0n) is 9.26. The van der Waals surface area contributed by atoms with Gasteiger partial charge in [0.25, 0.3) is 12.6 Å². The molecule has 0 saturated carbocycles. The van der Waals surface area contributed by atoms with Crippen molar-refractivity contribution < 1.29 is 45.4 Å². The molecule has 0 aromatic carbocycles. The summed E-state index contributed by atoms with van der Waals surface area (Å²) in [6.45, 7) is 0.289. The number of carbonyl (C=O) groups is 2. The van der Waals surface area contributed by atoms with Crippen LogP contribution in [0.3, 0.4) is 0 Å². The van der Waals surface area contributed by atoms with Crippen LogP contribution in [-0.2, 0) is 19.1 Å². The summed E-state index contributed by atoms with van der Waals surface area (Å²) < 4.78 is 75.0. The van der Waals surface area contributed by atoms with Gasteiger partial charge in [0.05, 0.1) is 7.11 Å².